The number of anilines is 1. The second-order valence-electron chi connectivity index (χ2n) is 5.96. The van der Waals surface area contributed by atoms with Crippen LogP contribution in [0.4, 0.5) is 18.9 Å². The third-order valence-corrected chi connectivity index (χ3v) is 5.16. The highest BCUT2D eigenvalue weighted by Crippen LogP contribution is 2.29. The van der Waals surface area contributed by atoms with E-state index in [4.69, 9.17) is 4.74 Å². The van der Waals surface area contributed by atoms with Gasteiger partial charge in [0.05, 0.1) is 4.70 Å². The summed E-state index contributed by atoms with van der Waals surface area (Å²) in [5.74, 6) is -5.54. The minimum Gasteiger partial charge on any atom is -0.452 e. The summed E-state index contributed by atoms with van der Waals surface area (Å²) < 4.78 is 45.4. The van der Waals surface area contributed by atoms with Crippen LogP contribution in [0.15, 0.2) is 35.9 Å². The van der Waals surface area contributed by atoms with Crippen molar-refractivity contribution in [2.24, 2.45) is 0 Å². The molecule has 28 heavy (non-hydrogen) atoms. The molecule has 1 aromatic heterocycles. The van der Waals surface area contributed by atoms with Gasteiger partial charge in [-0.15, -0.1) is 11.3 Å². The van der Waals surface area contributed by atoms with Crippen molar-refractivity contribution in [2.45, 2.75) is 6.61 Å². The number of Topliss-reactive ketones (excluding diaryl/α,β-unsaturated/α-hetero) is 1. The predicted molar refractivity (Wildman–Crippen MR) is 97.2 cm³/mol. The standard InChI is InChI=1S/C19H11F3N2O3S/c20-11-6-12(21)18-16(15(11)22)24-14(28-18)8-27-19(26)17(25)10-5-9-3-1-2-4-13(9)23-7-10/h1-6,23H,7-8H2. The Morgan fingerprint density at radius 2 is 1.96 bits per heavy atom. The molecule has 1 aliphatic rings. The van der Waals surface area contributed by atoms with Gasteiger partial charge in [-0.25, -0.2) is 22.9 Å². The van der Waals surface area contributed by atoms with Crippen molar-refractivity contribution < 1.29 is 27.5 Å². The first-order valence-corrected chi connectivity index (χ1v) is 8.93. The van der Waals surface area contributed by atoms with Crippen molar-refractivity contribution in [3.05, 3.63) is 63.9 Å². The molecule has 0 bridgehead atoms. The molecular formula is C19H11F3N2O3S. The molecule has 2 aromatic carbocycles. The molecule has 5 nitrogen and oxygen atoms in total. The van der Waals surface area contributed by atoms with E-state index in [0.717, 1.165) is 22.6 Å². The molecule has 0 unspecified atom stereocenters. The molecule has 0 atom stereocenters. The Bertz CT molecular complexity index is 1160. The quantitative estimate of drug-likeness (QED) is 0.407. The molecule has 0 saturated heterocycles. The highest BCUT2D eigenvalue weighted by atomic mass is 32.1. The molecule has 142 valence electrons. The first-order valence-electron chi connectivity index (χ1n) is 8.12. The SMILES string of the molecule is O=C(OCc1nc2c(F)c(F)cc(F)c2s1)C(=O)C1=Cc2ccccc2NC1. The van der Waals surface area contributed by atoms with Crippen LogP contribution in [-0.2, 0) is 20.9 Å². The van der Waals surface area contributed by atoms with Crippen molar-refractivity contribution >= 4 is 45.1 Å². The average Bonchev–Trinajstić information content (AvgIpc) is 3.14. The maximum Gasteiger partial charge on any atom is 0.379 e. The monoisotopic (exact) mass is 404 g/mol. The number of halogens is 3. The summed E-state index contributed by atoms with van der Waals surface area (Å²) in [7, 11) is 0. The largest absolute Gasteiger partial charge is 0.452 e. The summed E-state index contributed by atoms with van der Waals surface area (Å²) in [5, 5.41) is 3.07. The van der Waals surface area contributed by atoms with Crippen molar-refractivity contribution in [3.8, 4) is 0 Å². The highest BCUT2D eigenvalue weighted by molar-refractivity contribution is 7.18. The zero-order chi connectivity index (χ0) is 19.8. The number of fused-ring (bicyclic) bond motifs is 2. The molecule has 2 heterocycles. The van der Waals surface area contributed by atoms with Crippen LogP contribution in [0.25, 0.3) is 16.3 Å². The fourth-order valence-electron chi connectivity index (χ4n) is 2.77. The van der Waals surface area contributed by atoms with E-state index in [2.05, 4.69) is 10.3 Å². The number of ether oxygens (including phenoxy) is 1. The van der Waals surface area contributed by atoms with Crippen molar-refractivity contribution in [3.63, 3.8) is 0 Å². The third kappa shape index (κ3) is 3.24. The van der Waals surface area contributed by atoms with Crippen LogP contribution in [0.3, 0.4) is 0 Å². The van der Waals surface area contributed by atoms with Crippen LogP contribution in [0.2, 0.25) is 0 Å². The lowest BCUT2D eigenvalue weighted by Gasteiger charge is -2.17. The topological polar surface area (TPSA) is 68.3 Å². The van der Waals surface area contributed by atoms with Crippen molar-refractivity contribution in [2.75, 3.05) is 11.9 Å². The van der Waals surface area contributed by atoms with Gasteiger partial charge in [0.2, 0.25) is 0 Å². The fourth-order valence-corrected chi connectivity index (χ4v) is 3.65. The number of carbonyl (C=O) groups excluding carboxylic acids is 2. The van der Waals surface area contributed by atoms with Gasteiger partial charge >= 0.3 is 5.97 Å². The van der Waals surface area contributed by atoms with Gasteiger partial charge in [0.15, 0.2) is 11.6 Å². The summed E-state index contributed by atoms with van der Waals surface area (Å²) in [4.78, 5) is 28.1. The van der Waals surface area contributed by atoms with Crippen molar-refractivity contribution in [1.29, 1.82) is 0 Å². The van der Waals surface area contributed by atoms with Crippen LogP contribution in [0, 0.1) is 17.5 Å². The molecule has 1 N–H and O–H groups in total. The smallest absolute Gasteiger partial charge is 0.379 e. The van der Waals surface area contributed by atoms with E-state index in [9.17, 15) is 22.8 Å². The first-order chi connectivity index (χ1) is 13.4. The number of ketones is 1. The molecule has 0 fully saturated rings. The molecular weight excluding hydrogens is 393 g/mol. The Kier molecular flexibility index (Phi) is 4.60. The lowest BCUT2D eigenvalue weighted by atomic mass is 10.0. The van der Waals surface area contributed by atoms with Gasteiger partial charge in [-0.05, 0) is 17.7 Å². The summed E-state index contributed by atoms with van der Waals surface area (Å²) in [6, 6.07) is 7.71. The Morgan fingerprint density at radius 3 is 2.79 bits per heavy atom. The van der Waals surface area contributed by atoms with Crippen LogP contribution >= 0.6 is 11.3 Å². The van der Waals surface area contributed by atoms with E-state index in [1.54, 1.807) is 18.2 Å². The van der Waals surface area contributed by atoms with Gasteiger partial charge < -0.3 is 10.1 Å². The Morgan fingerprint density at radius 1 is 1.18 bits per heavy atom. The van der Waals surface area contributed by atoms with Gasteiger partial charge in [0.1, 0.15) is 22.9 Å². The van der Waals surface area contributed by atoms with E-state index >= 15 is 0 Å². The van der Waals surface area contributed by atoms with E-state index in [1.807, 2.05) is 12.1 Å². The van der Waals surface area contributed by atoms with Crippen LogP contribution in [0.1, 0.15) is 10.6 Å². The number of para-hydroxylation sites is 1. The van der Waals surface area contributed by atoms with Crippen LogP contribution < -0.4 is 5.32 Å². The van der Waals surface area contributed by atoms with Gasteiger partial charge in [-0.1, -0.05) is 18.2 Å². The van der Waals surface area contributed by atoms with Crippen LogP contribution in [0.5, 0.6) is 0 Å². The second kappa shape index (κ2) is 7.08. The maximum atomic E-state index is 13.7. The number of aromatic nitrogens is 1. The number of nitrogens with one attached hydrogen (secondary N) is 1. The summed E-state index contributed by atoms with van der Waals surface area (Å²) in [6.45, 7) is -0.288. The number of carbonyl (C=O) groups is 2. The van der Waals surface area contributed by atoms with Crippen molar-refractivity contribution in [1.82, 2.24) is 4.98 Å². The number of hydrogen-bond donors (Lipinski definition) is 1. The molecule has 0 radical (unpaired) electrons. The zero-order valence-corrected chi connectivity index (χ0v) is 14.9. The second-order valence-corrected chi connectivity index (χ2v) is 7.04. The number of benzene rings is 2. The number of rotatable bonds is 4. The Balaban J connectivity index is 1.48. The number of esters is 1. The normalized spacial score (nSPS) is 12.9. The van der Waals surface area contributed by atoms with Gasteiger partial charge in [0.25, 0.3) is 5.78 Å². The van der Waals surface area contributed by atoms with E-state index in [-0.39, 0.29) is 21.8 Å². The van der Waals surface area contributed by atoms with E-state index in [0.29, 0.717) is 6.07 Å². The molecule has 3 aromatic rings. The highest BCUT2D eigenvalue weighted by Gasteiger charge is 2.24. The Hall–Kier alpha value is -3.20. The molecule has 9 heteroatoms. The fraction of sp³-hybridized carbons (Fsp3) is 0.105. The summed E-state index contributed by atoms with van der Waals surface area (Å²) in [5.41, 5.74) is 1.37. The third-order valence-electron chi connectivity index (χ3n) is 4.12. The number of nitrogens with zero attached hydrogens (tertiary/aromatic N) is 1. The van der Waals surface area contributed by atoms with Gasteiger partial charge in [0, 0.05) is 23.9 Å². The number of hydrogen-bond acceptors (Lipinski definition) is 6. The molecule has 0 aliphatic carbocycles. The molecule has 0 saturated carbocycles. The summed E-state index contributed by atoms with van der Waals surface area (Å²) in [6.07, 6.45) is 1.60. The molecule has 0 amide bonds. The average molecular weight is 404 g/mol. The number of thiazole rings is 1. The van der Waals surface area contributed by atoms with E-state index < -0.39 is 41.3 Å². The first kappa shape index (κ1) is 18.2. The zero-order valence-electron chi connectivity index (χ0n) is 14.1. The van der Waals surface area contributed by atoms with E-state index in [1.165, 1.54) is 0 Å². The minimum atomic E-state index is -1.36. The molecule has 0 spiro atoms. The van der Waals surface area contributed by atoms with Gasteiger partial charge in [-0.3, -0.25) is 4.79 Å². The lowest BCUT2D eigenvalue weighted by molar-refractivity contribution is -0.153. The molecule has 1 aliphatic heterocycles. The lowest BCUT2D eigenvalue weighted by Crippen LogP contribution is -2.25. The maximum absolute atomic E-state index is 13.7. The summed E-state index contributed by atoms with van der Waals surface area (Å²) >= 11 is 0.718. The van der Waals surface area contributed by atoms with Crippen LogP contribution in [-0.4, -0.2) is 23.3 Å². The van der Waals surface area contributed by atoms with Gasteiger partial charge in [-0.2, -0.15) is 0 Å². The molecule has 4 rings (SSSR count). The Labute approximate surface area is 160 Å². The minimum absolute atomic E-state index is 0.0423. The predicted octanol–water partition coefficient (Wildman–Crippen LogP) is 3.84.